The second-order valence-corrected chi connectivity index (χ2v) is 6.00. The van der Waals surface area contributed by atoms with Crippen LogP contribution in [0.4, 0.5) is 0 Å². The molecule has 1 aromatic carbocycles. The summed E-state index contributed by atoms with van der Waals surface area (Å²) in [5.41, 5.74) is 2.28. The van der Waals surface area contributed by atoms with Crippen molar-refractivity contribution in [2.75, 3.05) is 7.05 Å². The lowest BCUT2D eigenvalue weighted by Crippen LogP contribution is -2.18. The lowest BCUT2D eigenvalue weighted by atomic mass is 9.95. The Morgan fingerprint density at radius 1 is 1.17 bits per heavy atom. The van der Waals surface area contributed by atoms with E-state index in [1.165, 1.54) is 37.8 Å². The number of nitrogens with zero attached hydrogens (tertiary/aromatic N) is 2. The molecule has 1 fully saturated rings. The minimum absolute atomic E-state index is 0. The molecule has 0 unspecified atom stereocenters. The molecule has 0 bridgehead atoms. The predicted octanol–water partition coefficient (Wildman–Crippen LogP) is 4.11. The molecule has 1 heterocycles. The Hall–Kier alpha value is -1.52. The molecule has 126 valence electrons. The van der Waals surface area contributed by atoms with Crippen molar-refractivity contribution in [3.63, 3.8) is 0 Å². The Morgan fingerprint density at radius 3 is 2.61 bits per heavy atom. The SMILES string of the molecule is CNCc1cc(COc2ccccc2)n(C2CCCCC2)n1.Cl. The van der Waals surface area contributed by atoms with Crippen LogP contribution in [0.1, 0.15) is 49.5 Å². The van der Waals surface area contributed by atoms with Gasteiger partial charge in [-0.25, -0.2) is 0 Å². The van der Waals surface area contributed by atoms with Gasteiger partial charge in [-0.3, -0.25) is 4.68 Å². The van der Waals surface area contributed by atoms with Gasteiger partial charge in [0.05, 0.1) is 17.4 Å². The molecule has 23 heavy (non-hydrogen) atoms. The zero-order valence-electron chi connectivity index (χ0n) is 13.7. The van der Waals surface area contributed by atoms with Crippen LogP contribution in [0, 0.1) is 0 Å². The molecule has 0 amide bonds. The molecule has 1 N–H and O–H groups in total. The van der Waals surface area contributed by atoms with Gasteiger partial charge in [-0.05, 0) is 38.1 Å². The topological polar surface area (TPSA) is 39.1 Å². The Balaban J connectivity index is 0.00000192. The molecule has 0 aliphatic heterocycles. The van der Waals surface area contributed by atoms with Gasteiger partial charge in [-0.2, -0.15) is 5.10 Å². The van der Waals surface area contributed by atoms with E-state index < -0.39 is 0 Å². The van der Waals surface area contributed by atoms with E-state index in [4.69, 9.17) is 9.84 Å². The number of rotatable bonds is 6. The third kappa shape index (κ3) is 4.72. The first-order valence-electron chi connectivity index (χ1n) is 8.26. The summed E-state index contributed by atoms with van der Waals surface area (Å²) in [7, 11) is 1.96. The molecule has 1 aliphatic carbocycles. The van der Waals surface area contributed by atoms with E-state index in [1.54, 1.807) is 0 Å². The van der Waals surface area contributed by atoms with Crippen molar-refractivity contribution in [3.05, 3.63) is 47.8 Å². The monoisotopic (exact) mass is 335 g/mol. The molecule has 5 heteroatoms. The third-order valence-electron chi connectivity index (χ3n) is 4.27. The van der Waals surface area contributed by atoms with E-state index in [9.17, 15) is 0 Å². The van der Waals surface area contributed by atoms with E-state index in [0.717, 1.165) is 18.0 Å². The molecular formula is C18H26ClN3O. The summed E-state index contributed by atoms with van der Waals surface area (Å²) in [6, 6.07) is 12.7. The summed E-state index contributed by atoms with van der Waals surface area (Å²) in [6.07, 6.45) is 6.45. The summed E-state index contributed by atoms with van der Waals surface area (Å²) in [5, 5.41) is 7.99. The van der Waals surface area contributed by atoms with Crippen LogP contribution in [0.5, 0.6) is 5.75 Å². The first-order chi connectivity index (χ1) is 10.9. The molecule has 0 saturated heterocycles. The fourth-order valence-corrected chi connectivity index (χ4v) is 3.18. The molecule has 1 aromatic heterocycles. The molecular weight excluding hydrogens is 310 g/mol. The first kappa shape index (κ1) is 17.8. The lowest BCUT2D eigenvalue weighted by molar-refractivity contribution is 0.265. The van der Waals surface area contributed by atoms with Crippen LogP contribution in [-0.4, -0.2) is 16.8 Å². The van der Waals surface area contributed by atoms with Crippen LogP contribution in [0.25, 0.3) is 0 Å². The van der Waals surface area contributed by atoms with Crippen LogP contribution < -0.4 is 10.1 Å². The maximum atomic E-state index is 5.93. The van der Waals surface area contributed by atoms with Gasteiger partial charge in [0.15, 0.2) is 0 Å². The number of aromatic nitrogens is 2. The average Bonchev–Trinajstić information content (AvgIpc) is 2.98. The Labute approximate surface area is 144 Å². The normalized spacial score (nSPS) is 15.2. The van der Waals surface area contributed by atoms with Gasteiger partial charge in [0.25, 0.3) is 0 Å². The van der Waals surface area contributed by atoms with Gasteiger partial charge in [0.2, 0.25) is 0 Å². The predicted molar refractivity (Wildman–Crippen MR) is 95.1 cm³/mol. The van der Waals surface area contributed by atoms with Crippen LogP contribution in [0.15, 0.2) is 36.4 Å². The zero-order chi connectivity index (χ0) is 15.2. The molecule has 0 atom stereocenters. The van der Waals surface area contributed by atoms with Gasteiger partial charge in [0.1, 0.15) is 12.4 Å². The van der Waals surface area contributed by atoms with E-state index >= 15 is 0 Å². The van der Waals surface area contributed by atoms with Crippen molar-refractivity contribution in [3.8, 4) is 5.75 Å². The van der Waals surface area contributed by atoms with Crippen molar-refractivity contribution in [2.45, 2.75) is 51.3 Å². The first-order valence-corrected chi connectivity index (χ1v) is 8.26. The largest absolute Gasteiger partial charge is 0.487 e. The van der Waals surface area contributed by atoms with Crippen molar-refractivity contribution in [1.29, 1.82) is 0 Å². The maximum Gasteiger partial charge on any atom is 0.130 e. The standard InChI is InChI=1S/C18H25N3O.ClH/c1-19-13-15-12-17(14-22-18-10-6-3-7-11-18)21(20-15)16-8-4-2-5-9-16;/h3,6-7,10-12,16,19H,2,4-5,8-9,13-14H2,1H3;1H. The van der Waals surface area contributed by atoms with Crippen LogP contribution in [-0.2, 0) is 13.2 Å². The fraction of sp³-hybridized carbons (Fsp3) is 0.500. The van der Waals surface area contributed by atoms with Crippen molar-refractivity contribution in [1.82, 2.24) is 15.1 Å². The minimum atomic E-state index is 0. The highest BCUT2D eigenvalue weighted by atomic mass is 35.5. The number of benzene rings is 1. The molecule has 1 aliphatic rings. The van der Waals surface area contributed by atoms with E-state index in [-0.39, 0.29) is 12.4 Å². The third-order valence-corrected chi connectivity index (χ3v) is 4.27. The summed E-state index contributed by atoms with van der Waals surface area (Å²) in [4.78, 5) is 0. The second-order valence-electron chi connectivity index (χ2n) is 6.00. The molecule has 4 nitrogen and oxygen atoms in total. The van der Waals surface area contributed by atoms with Crippen LogP contribution in [0.3, 0.4) is 0 Å². The minimum Gasteiger partial charge on any atom is -0.487 e. The molecule has 0 spiro atoms. The highest BCUT2D eigenvalue weighted by Gasteiger charge is 2.20. The van der Waals surface area contributed by atoms with Crippen molar-refractivity contribution >= 4 is 12.4 Å². The second kappa shape index (κ2) is 8.94. The maximum absolute atomic E-state index is 5.93. The fourth-order valence-electron chi connectivity index (χ4n) is 3.18. The van der Waals surface area contributed by atoms with Gasteiger partial charge in [-0.1, -0.05) is 37.5 Å². The number of nitrogens with one attached hydrogen (secondary N) is 1. The Bertz CT molecular complexity index is 579. The van der Waals surface area contributed by atoms with E-state index in [1.807, 2.05) is 37.4 Å². The van der Waals surface area contributed by atoms with Gasteiger partial charge >= 0.3 is 0 Å². The number of hydrogen-bond donors (Lipinski definition) is 1. The summed E-state index contributed by atoms with van der Waals surface area (Å²) >= 11 is 0. The highest BCUT2D eigenvalue weighted by molar-refractivity contribution is 5.85. The summed E-state index contributed by atoms with van der Waals surface area (Å²) in [5.74, 6) is 0.911. The van der Waals surface area contributed by atoms with E-state index in [2.05, 4.69) is 16.1 Å². The zero-order valence-corrected chi connectivity index (χ0v) is 14.5. The molecule has 0 radical (unpaired) electrons. The molecule has 3 rings (SSSR count). The number of ether oxygens (including phenoxy) is 1. The lowest BCUT2D eigenvalue weighted by Gasteiger charge is -2.24. The van der Waals surface area contributed by atoms with Gasteiger partial charge in [0, 0.05) is 6.54 Å². The average molecular weight is 336 g/mol. The summed E-state index contributed by atoms with van der Waals surface area (Å²) in [6.45, 7) is 1.38. The quantitative estimate of drug-likeness (QED) is 0.863. The smallest absolute Gasteiger partial charge is 0.130 e. The number of hydrogen-bond acceptors (Lipinski definition) is 3. The molecule has 1 saturated carbocycles. The van der Waals surface area contributed by atoms with Crippen molar-refractivity contribution in [2.24, 2.45) is 0 Å². The highest BCUT2D eigenvalue weighted by Crippen LogP contribution is 2.29. The van der Waals surface area contributed by atoms with E-state index in [0.29, 0.717) is 12.6 Å². The van der Waals surface area contributed by atoms with Crippen molar-refractivity contribution < 1.29 is 4.74 Å². The summed E-state index contributed by atoms with van der Waals surface area (Å²) < 4.78 is 8.15. The Kier molecular flexibility index (Phi) is 6.93. The van der Waals surface area contributed by atoms with Crippen LogP contribution in [0.2, 0.25) is 0 Å². The number of para-hydroxylation sites is 1. The van der Waals surface area contributed by atoms with Crippen LogP contribution >= 0.6 is 12.4 Å². The van der Waals surface area contributed by atoms with Gasteiger partial charge in [-0.15, -0.1) is 12.4 Å². The Morgan fingerprint density at radius 2 is 1.91 bits per heavy atom. The molecule has 2 aromatic rings. The number of halogens is 1. The van der Waals surface area contributed by atoms with Gasteiger partial charge < -0.3 is 10.1 Å².